The third-order valence-corrected chi connectivity index (χ3v) is 1.98. The SMILES string of the molecule is C/C=C/c1cccc(OC)c1C(C)=O. The summed E-state index contributed by atoms with van der Waals surface area (Å²) in [7, 11) is 1.57. The number of Topliss-reactive ketones (excluding diaryl/α,β-unsaturated/α-hetero) is 1. The molecule has 0 saturated carbocycles. The second kappa shape index (κ2) is 4.61. The van der Waals surface area contributed by atoms with Gasteiger partial charge in [0.1, 0.15) is 5.75 Å². The molecule has 0 radical (unpaired) electrons. The summed E-state index contributed by atoms with van der Waals surface area (Å²) >= 11 is 0. The van der Waals surface area contributed by atoms with Crippen molar-refractivity contribution in [3.63, 3.8) is 0 Å². The van der Waals surface area contributed by atoms with Crippen molar-refractivity contribution in [2.75, 3.05) is 7.11 Å². The lowest BCUT2D eigenvalue weighted by atomic mass is 10.0. The Labute approximate surface area is 84.2 Å². The molecule has 0 aliphatic carbocycles. The lowest BCUT2D eigenvalue weighted by molar-refractivity contribution is 0.101. The molecular weight excluding hydrogens is 176 g/mol. The van der Waals surface area contributed by atoms with Crippen molar-refractivity contribution in [2.24, 2.45) is 0 Å². The third kappa shape index (κ3) is 2.02. The van der Waals surface area contributed by atoms with Gasteiger partial charge in [-0.3, -0.25) is 4.79 Å². The maximum atomic E-state index is 11.4. The Morgan fingerprint density at radius 1 is 1.43 bits per heavy atom. The van der Waals surface area contributed by atoms with Crippen LogP contribution < -0.4 is 4.74 Å². The zero-order chi connectivity index (χ0) is 10.6. The largest absolute Gasteiger partial charge is 0.496 e. The molecule has 0 spiro atoms. The average Bonchev–Trinajstić information content (AvgIpc) is 2.17. The average molecular weight is 190 g/mol. The first-order chi connectivity index (χ1) is 6.70. The molecule has 0 aliphatic heterocycles. The van der Waals surface area contributed by atoms with Gasteiger partial charge in [-0.05, 0) is 25.5 Å². The van der Waals surface area contributed by atoms with E-state index >= 15 is 0 Å². The summed E-state index contributed by atoms with van der Waals surface area (Å²) in [6, 6.07) is 5.57. The maximum absolute atomic E-state index is 11.4. The van der Waals surface area contributed by atoms with Gasteiger partial charge in [0.15, 0.2) is 5.78 Å². The number of methoxy groups -OCH3 is 1. The predicted molar refractivity (Wildman–Crippen MR) is 57.7 cm³/mol. The van der Waals surface area contributed by atoms with Crippen molar-refractivity contribution in [3.05, 3.63) is 35.4 Å². The Bertz CT molecular complexity index is 365. The van der Waals surface area contributed by atoms with Gasteiger partial charge in [0.25, 0.3) is 0 Å². The second-order valence-corrected chi connectivity index (χ2v) is 2.98. The topological polar surface area (TPSA) is 26.3 Å². The maximum Gasteiger partial charge on any atom is 0.164 e. The van der Waals surface area contributed by atoms with Crippen LogP contribution in [-0.4, -0.2) is 12.9 Å². The van der Waals surface area contributed by atoms with E-state index in [0.717, 1.165) is 5.56 Å². The smallest absolute Gasteiger partial charge is 0.164 e. The van der Waals surface area contributed by atoms with Gasteiger partial charge in [-0.15, -0.1) is 0 Å². The van der Waals surface area contributed by atoms with E-state index in [1.165, 1.54) is 0 Å². The van der Waals surface area contributed by atoms with Crippen LogP contribution in [-0.2, 0) is 0 Å². The molecule has 0 aromatic heterocycles. The zero-order valence-corrected chi connectivity index (χ0v) is 8.70. The molecular formula is C12H14O2. The summed E-state index contributed by atoms with van der Waals surface area (Å²) in [5, 5.41) is 0. The van der Waals surface area contributed by atoms with Crippen molar-refractivity contribution < 1.29 is 9.53 Å². The van der Waals surface area contributed by atoms with Gasteiger partial charge in [-0.1, -0.05) is 24.3 Å². The molecule has 0 bridgehead atoms. The van der Waals surface area contributed by atoms with E-state index in [1.807, 2.05) is 31.2 Å². The minimum atomic E-state index is 0.0237. The molecule has 0 fully saturated rings. The van der Waals surface area contributed by atoms with E-state index in [-0.39, 0.29) is 5.78 Å². The number of benzene rings is 1. The second-order valence-electron chi connectivity index (χ2n) is 2.98. The van der Waals surface area contributed by atoms with Gasteiger partial charge in [-0.2, -0.15) is 0 Å². The third-order valence-electron chi connectivity index (χ3n) is 1.98. The lowest BCUT2D eigenvalue weighted by Crippen LogP contribution is -2.00. The van der Waals surface area contributed by atoms with E-state index in [1.54, 1.807) is 20.1 Å². The van der Waals surface area contributed by atoms with Crippen LogP contribution in [0.1, 0.15) is 29.8 Å². The normalized spacial score (nSPS) is 10.5. The molecule has 0 amide bonds. The van der Waals surface area contributed by atoms with Crippen molar-refractivity contribution in [2.45, 2.75) is 13.8 Å². The number of hydrogen-bond donors (Lipinski definition) is 0. The molecule has 0 unspecified atom stereocenters. The highest BCUT2D eigenvalue weighted by Crippen LogP contribution is 2.23. The number of carbonyl (C=O) groups excluding carboxylic acids is 1. The lowest BCUT2D eigenvalue weighted by Gasteiger charge is -2.08. The fourth-order valence-electron chi connectivity index (χ4n) is 1.41. The molecule has 1 aromatic rings. The molecule has 0 heterocycles. The Morgan fingerprint density at radius 3 is 2.64 bits per heavy atom. The number of rotatable bonds is 3. The van der Waals surface area contributed by atoms with E-state index < -0.39 is 0 Å². The Kier molecular flexibility index (Phi) is 3.46. The molecule has 1 rings (SSSR count). The molecule has 0 aliphatic rings. The summed E-state index contributed by atoms with van der Waals surface area (Å²) in [6.07, 6.45) is 3.81. The Hall–Kier alpha value is -1.57. The van der Waals surface area contributed by atoms with Crippen LogP contribution in [0.5, 0.6) is 5.75 Å². The summed E-state index contributed by atoms with van der Waals surface area (Å²) in [6.45, 7) is 3.47. The van der Waals surface area contributed by atoms with Crippen molar-refractivity contribution >= 4 is 11.9 Å². The van der Waals surface area contributed by atoms with Crippen LogP contribution in [0.2, 0.25) is 0 Å². The van der Waals surface area contributed by atoms with E-state index in [2.05, 4.69) is 0 Å². The summed E-state index contributed by atoms with van der Waals surface area (Å²) in [5.74, 6) is 0.656. The summed E-state index contributed by atoms with van der Waals surface area (Å²) < 4.78 is 5.14. The van der Waals surface area contributed by atoms with Gasteiger partial charge in [-0.25, -0.2) is 0 Å². The quantitative estimate of drug-likeness (QED) is 0.685. The van der Waals surface area contributed by atoms with Gasteiger partial charge in [0.2, 0.25) is 0 Å². The van der Waals surface area contributed by atoms with Crippen LogP contribution >= 0.6 is 0 Å². The van der Waals surface area contributed by atoms with Gasteiger partial charge in [0, 0.05) is 0 Å². The number of hydrogen-bond acceptors (Lipinski definition) is 2. The first-order valence-corrected chi connectivity index (χ1v) is 4.51. The van der Waals surface area contributed by atoms with Crippen molar-refractivity contribution in [1.29, 1.82) is 0 Å². The van der Waals surface area contributed by atoms with Gasteiger partial charge >= 0.3 is 0 Å². The summed E-state index contributed by atoms with van der Waals surface area (Å²) in [4.78, 5) is 11.4. The first-order valence-electron chi connectivity index (χ1n) is 4.51. The predicted octanol–water partition coefficient (Wildman–Crippen LogP) is 2.93. The van der Waals surface area contributed by atoms with E-state index in [0.29, 0.717) is 11.3 Å². The van der Waals surface area contributed by atoms with Crippen LogP contribution in [0.25, 0.3) is 6.08 Å². The fraction of sp³-hybridized carbons (Fsp3) is 0.250. The van der Waals surface area contributed by atoms with Crippen molar-refractivity contribution in [1.82, 2.24) is 0 Å². The standard InChI is InChI=1S/C12H14O2/c1-4-6-10-7-5-8-11(14-3)12(10)9(2)13/h4-8H,1-3H3/b6-4+. The highest BCUT2D eigenvalue weighted by atomic mass is 16.5. The number of ether oxygens (including phenoxy) is 1. The molecule has 1 aromatic carbocycles. The van der Waals surface area contributed by atoms with E-state index in [4.69, 9.17) is 4.74 Å². The van der Waals surface area contributed by atoms with Crippen molar-refractivity contribution in [3.8, 4) is 5.75 Å². The van der Waals surface area contributed by atoms with Gasteiger partial charge in [0.05, 0.1) is 12.7 Å². The minimum absolute atomic E-state index is 0.0237. The Morgan fingerprint density at radius 2 is 2.14 bits per heavy atom. The fourth-order valence-corrected chi connectivity index (χ4v) is 1.41. The van der Waals surface area contributed by atoms with Crippen LogP contribution in [0.4, 0.5) is 0 Å². The van der Waals surface area contributed by atoms with Crippen LogP contribution in [0.15, 0.2) is 24.3 Å². The molecule has 0 N–H and O–H groups in total. The molecule has 14 heavy (non-hydrogen) atoms. The highest BCUT2D eigenvalue weighted by Gasteiger charge is 2.10. The minimum Gasteiger partial charge on any atom is -0.496 e. The molecule has 2 nitrogen and oxygen atoms in total. The number of ketones is 1. The van der Waals surface area contributed by atoms with Crippen LogP contribution in [0.3, 0.4) is 0 Å². The molecule has 2 heteroatoms. The van der Waals surface area contributed by atoms with Gasteiger partial charge < -0.3 is 4.74 Å². The molecule has 0 saturated heterocycles. The summed E-state index contributed by atoms with van der Waals surface area (Å²) in [5.41, 5.74) is 1.55. The monoisotopic (exact) mass is 190 g/mol. The van der Waals surface area contributed by atoms with E-state index in [9.17, 15) is 4.79 Å². The highest BCUT2D eigenvalue weighted by molar-refractivity contribution is 6.00. The number of carbonyl (C=O) groups is 1. The molecule has 74 valence electrons. The Balaban J connectivity index is 3.35. The zero-order valence-electron chi connectivity index (χ0n) is 8.70. The molecule has 0 atom stereocenters. The first kappa shape index (κ1) is 10.5. The number of allylic oxidation sites excluding steroid dienone is 1. The van der Waals surface area contributed by atoms with Crippen LogP contribution in [0, 0.1) is 0 Å².